The van der Waals surface area contributed by atoms with E-state index >= 15 is 0 Å². The zero-order valence-corrected chi connectivity index (χ0v) is 33.8. The van der Waals surface area contributed by atoms with Gasteiger partial charge in [0.15, 0.2) is 0 Å². The third kappa shape index (κ3) is 22.7. The van der Waals surface area contributed by atoms with E-state index in [9.17, 15) is 4.79 Å². The molecule has 2 aromatic rings. The second kappa shape index (κ2) is 33.5. The minimum atomic E-state index is -0.445. The highest BCUT2D eigenvalue weighted by atomic mass is 16.6. The van der Waals surface area contributed by atoms with Gasteiger partial charge in [-0.1, -0.05) is 120 Å². The number of amides is 1. The lowest BCUT2D eigenvalue weighted by molar-refractivity contribution is -0.0230. The summed E-state index contributed by atoms with van der Waals surface area (Å²) >= 11 is 0. The van der Waals surface area contributed by atoms with Crippen LogP contribution in [0, 0.1) is 0 Å². The predicted octanol–water partition coefficient (Wildman–Crippen LogP) is 7.97. The highest BCUT2D eigenvalue weighted by Gasteiger charge is 2.28. The Morgan fingerprint density at radius 2 is 0.800 bits per heavy atom. The molecule has 0 heterocycles. The first-order valence-electron chi connectivity index (χ1n) is 21.0. The van der Waals surface area contributed by atoms with Crippen LogP contribution in [-0.2, 0) is 42.6 Å². The van der Waals surface area contributed by atoms with Crippen molar-refractivity contribution in [1.82, 2.24) is 5.32 Å². The van der Waals surface area contributed by atoms with Crippen LogP contribution in [0.4, 0.5) is 4.79 Å². The monoisotopic (exact) mass is 774 g/mol. The first-order chi connectivity index (χ1) is 27.3. The van der Waals surface area contributed by atoms with Gasteiger partial charge in [0.1, 0.15) is 6.61 Å². The van der Waals surface area contributed by atoms with E-state index in [0.717, 1.165) is 13.0 Å². The molecule has 0 spiro atoms. The molecule has 0 saturated carbocycles. The number of nitrogens with one attached hydrogen (secondary N) is 1. The van der Waals surface area contributed by atoms with Crippen LogP contribution in [0.1, 0.15) is 94.6 Å². The molecular weight excluding hydrogens is 702 g/mol. The molecule has 2 aromatic carbocycles. The molecule has 0 aromatic heterocycles. The number of fused-ring (bicyclic) bond motifs is 3. The van der Waals surface area contributed by atoms with E-state index in [-0.39, 0.29) is 5.92 Å². The predicted molar refractivity (Wildman–Crippen MR) is 216 cm³/mol. The number of carbonyl (C=O) groups is 1. The number of hydrogen-bond acceptors (Lipinski definition) is 10. The van der Waals surface area contributed by atoms with Gasteiger partial charge in [0.05, 0.1) is 99.1 Å². The highest BCUT2D eigenvalue weighted by Crippen LogP contribution is 2.44. The molecule has 3 rings (SSSR count). The Morgan fingerprint density at radius 3 is 1.22 bits per heavy atom. The van der Waals surface area contributed by atoms with E-state index in [1.165, 1.54) is 86.5 Å². The normalized spacial score (nSPS) is 12.2. The molecule has 0 fully saturated rings. The van der Waals surface area contributed by atoms with Crippen LogP contribution in [0.15, 0.2) is 48.5 Å². The van der Waals surface area contributed by atoms with Crippen LogP contribution in [0.5, 0.6) is 0 Å². The second-order valence-electron chi connectivity index (χ2n) is 13.7. The summed E-state index contributed by atoms with van der Waals surface area (Å²) in [4.78, 5) is 12.3. The molecule has 11 heteroatoms. The van der Waals surface area contributed by atoms with Gasteiger partial charge >= 0.3 is 6.09 Å². The van der Waals surface area contributed by atoms with E-state index < -0.39 is 6.09 Å². The lowest BCUT2D eigenvalue weighted by Gasteiger charge is -2.14. The van der Waals surface area contributed by atoms with Crippen molar-refractivity contribution in [3.63, 3.8) is 0 Å². The third-order valence-electron chi connectivity index (χ3n) is 9.36. The van der Waals surface area contributed by atoms with Gasteiger partial charge in [-0.2, -0.15) is 0 Å². The molecule has 1 N–H and O–H groups in total. The topological polar surface area (TPSA) is 112 Å². The van der Waals surface area contributed by atoms with Crippen LogP contribution in [0.2, 0.25) is 0 Å². The van der Waals surface area contributed by atoms with Crippen molar-refractivity contribution in [2.75, 3.05) is 119 Å². The summed E-state index contributed by atoms with van der Waals surface area (Å²) in [6.07, 6.45) is 14.4. The molecule has 1 amide bonds. The van der Waals surface area contributed by atoms with Crippen molar-refractivity contribution in [1.29, 1.82) is 0 Å². The maximum absolute atomic E-state index is 12.3. The van der Waals surface area contributed by atoms with Crippen LogP contribution < -0.4 is 5.32 Å². The Morgan fingerprint density at radius 1 is 0.455 bits per heavy atom. The fourth-order valence-corrected chi connectivity index (χ4v) is 6.38. The summed E-state index contributed by atoms with van der Waals surface area (Å²) in [7, 11) is 0. The number of carbonyl (C=O) groups excluding carboxylic acids is 1. The van der Waals surface area contributed by atoms with Gasteiger partial charge in [0.25, 0.3) is 0 Å². The van der Waals surface area contributed by atoms with Crippen LogP contribution in [0.25, 0.3) is 11.1 Å². The van der Waals surface area contributed by atoms with E-state index in [0.29, 0.717) is 112 Å². The molecular formula is C44H71NO10. The summed E-state index contributed by atoms with van der Waals surface area (Å²) in [6.45, 7) is 11.4. The van der Waals surface area contributed by atoms with Gasteiger partial charge in [-0.3, -0.25) is 0 Å². The van der Waals surface area contributed by atoms with Crippen LogP contribution in [-0.4, -0.2) is 125 Å². The van der Waals surface area contributed by atoms with Gasteiger partial charge in [-0.05, 0) is 28.7 Å². The molecule has 11 nitrogen and oxygen atoms in total. The minimum Gasteiger partial charge on any atom is -0.449 e. The summed E-state index contributed by atoms with van der Waals surface area (Å²) in [5.41, 5.74) is 4.79. The van der Waals surface area contributed by atoms with Crippen molar-refractivity contribution in [3.8, 4) is 11.1 Å². The molecule has 0 bridgehead atoms. The van der Waals surface area contributed by atoms with E-state index in [1.54, 1.807) is 0 Å². The molecule has 0 aliphatic heterocycles. The quantitative estimate of drug-likeness (QED) is 0.0675. The Kier molecular flexibility index (Phi) is 28.5. The number of benzene rings is 2. The van der Waals surface area contributed by atoms with Gasteiger partial charge in [-0.25, -0.2) is 4.79 Å². The van der Waals surface area contributed by atoms with Crippen LogP contribution >= 0.6 is 0 Å². The van der Waals surface area contributed by atoms with E-state index in [2.05, 4.69) is 36.5 Å². The lowest BCUT2D eigenvalue weighted by Crippen LogP contribution is -2.29. The smallest absolute Gasteiger partial charge is 0.407 e. The van der Waals surface area contributed by atoms with Gasteiger partial charge < -0.3 is 47.9 Å². The molecule has 55 heavy (non-hydrogen) atoms. The van der Waals surface area contributed by atoms with Crippen molar-refractivity contribution in [2.45, 2.75) is 83.5 Å². The average Bonchev–Trinajstić information content (AvgIpc) is 3.53. The van der Waals surface area contributed by atoms with Crippen molar-refractivity contribution in [2.24, 2.45) is 0 Å². The zero-order valence-electron chi connectivity index (χ0n) is 33.8. The molecule has 0 atom stereocenters. The van der Waals surface area contributed by atoms with Gasteiger partial charge in [0.2, 0.25) is 0 Å². The number of rotatable bonds is 38. The molecule has 312 valence electrons. The molecule has 0 saturated heterocycles. The maximum Gasteiger partial charge on any atom is 0.407 e. The van der Waals surface area contributed by atoms with Gasteiger partial charge in [0, 0.05) is 19.1 Å². The number of ether oxygens (including phenoxy) is 9. The largest absolute Gasteiger partial charge is 0.449 e. The zero-order chi connectivity index (χ0) is 38.7. The van der Waals surface area contributed by atoms with Crippen molar-refractivity contribution < 1.29 is 47.4 Å². The molecule has 0 unspecified atom stereocenters. The fraction of sp³-hybridized carbons (Fsp3) is 0.705. The SMILES string of the molecule is CCCCCCCCCCCCCOCCOCCOCCOCCOCCOCCOCCOCCNC(=O)OCC1c2ccccc2-c2ccccc21. The Hall–Kier alpha value is -2.61. The fourth-order valence-electron chi connectivity index (χ4n) is 6.38. The van der Waals surface area contributed by atoms with Crippen molar-refractivity contribution >= 4 is 6.09 Å². The standard InChI is InChI=1S/C44H71NO10/c1-2-3-4-5-6-7-8-9-10-11-16-22-47-24-26-49-28-30-51-32-34-53-36-37-54-35-33-52-31-29-50-27-25-48-23-21-45-44(46)55-38-43-41-19-14-12-17-39(41)40-18-13-15-20-42(40)43/h12-15,17-20,43H,2-11,16,21-38H2,1H3,(H,45,46). The number of unbranched alkanes of at least 4 members (excludes halogenated alkanes) is 10. The maximum atomic E-state index is 12.3. The first kappa shape index (κ1) is 46.8. The summed E-state index contributed by atoms with van der Waals surface area (Å²) < 4.78 is 50.0. The van der Waals surface area contributed by atoms with Gasteiger partial charge in [-0.15, -0.1) is 0 Å². The van der Waals surface area contributed by atoms with Crippen molar-refractivity contribution in [3.05, 3.63) is 59.7 Å². The van der Waals surface area contributed by atoms with E-state index in [1.807, 2.05) is 24.3 Å². The Labute approximate surface area is 331 Å². The minimum absolute atomic E-state index is 0.0423. The summed E-state index contributed by atoms with van der Waals surface area (Å²) in [5.74, 6) is 0.0423. The summed E-state index contributed by atoms with van der Waals surface area (Å²) in [6, 6.07) is 16.6. The number of alkyl carbamates (subject to hydrolysis) is 1. The average molecular weight is 774 g/mol. The Bertz CT molecular complexity index is 1160. The number of hydrogen-bond donors (Lipinski definition) is 1. The Balaban J connectivity index is 0.941. The molecule has 1 aliphatic carbocycles. The lowest BCUT2D eigenvalue weighted by atomic mass is 9.98. The van der Waals surface area contributed by atoms with E-state index in [4.69, 9.17) is 42.6 Å². The third-order valence-corrected chi connectivity index (χ3v) is 9.36. The highest BCUT2D eigenvalue weighted by molar-refractivity contribution is 5.79. The van der Waals surface area contributed by atoms with Crippen LogP contribution in [0.3, 0.4) is 0 Å². The molecule has 1 aliphatic rings. The summed E-state index contributed by atoms with van der Waals surface area (Å²) in [5, 5.41) is 2.75. The second-order valence-corrected chi connectivity index (χ2v) is 13.7. The first-order valence-corrected chi connectivity index (χ1v) is 21.0. The molecule has 0 radical (unpaired) electrons.